The van der Waals surface area contributed by atoms with Crippen molar-refractivity contribution in [3.05, 3.63) is 72.3 Å². The molecule has 0 aliphatic carbocycles. The minimum absolute atomic E-state index is 0.546. The number of likely N-dealkylation sites (N-methyl/N-ethyl adjacent to an activating group) is 1. The SMILES string of the molecule is CN(C)C/C=C/c1cccc(Nc2nc3cccc(-c4ccc5c(c4)OCCO5)n3n2)c1. The van der Waals surface area contributed by atoms with Gasteiger partial charge in [0, 0.05) is 17.8 Å². The van der Waals surface area contributed by atoms with Gasteiger partial charge < -0.3 is 19.7 Å². The van der Waals surface area contributed by atoms with E-state index in [0.717, 1.165) is 46.2 Å². The van der Waals surface area contributed by atoms with Crippen molar-refractivity contribution in [1.82, 2.24) is 19.5 Å². The second-order valence-corrected chi connectivity index (χ2v) is 7.89. The molecule has 32 heavy (non-hydrogen) atoms. The van der Waals surface area contributed by atoms with Gasteiger partial charge in [-0.1, -0.05) is 30.4 Å². The fraction of sp³-hybridized carbons (Fsp3) is 0.200. The van der Waals surface area contributed by atoms with Gasteiger partial charge in [0.25, 0.3) is 0 Å². The highest BCUT2D eigenvalue weighted by atomic mass is 16.6. The molecule has 0 atom stereocenters. The summed E-state index contributed by atoms with van der Waals surface area (Å²) in [6.45, 7) is 2.03. The minimum atomic E-state index is 0.546. The largest absolute Gasteiger partial charge is 0.486 e. The maximum Gasteiger partial charge on any atom is 0.247 e. The van der Waals surface area contributed by atoms with E-state index in [4.69, 9.17) is 14.6 Å². The summed E-state index contributed by atoms with van der Waals surface area (Å²) >= 11 is 0. The Morgan fingerprint density at radius 3 is 2.72 bits per heavy atom. The quantitative estimate of drug-likeness (QED) is 0.489. The molecule has 4 aromatic rings. The number of benzene rings is 2. The van der Waals surface area contributed by atoms with E-state index >= 15 is 0 Å². The van der Waals surface area contributed by atoms with Crippen molar-refractivity contribution >= 4 is 23.4 Å². The third kappa shape index (κ3) is 4.29. The Morgan fingerprint density at radius 2 is 1.84 bits per heavy atom. The Kier molecular flexibility index (Phi) is 5.47. The monoisotopic (exact) mass is 427 g/mol. The molecule has 0 fully saturated rings. The lowest BCUT2D eigenvalue weighted by molar-refractivity contribution is 0.171. The zero-order chi connectivity index (χ0) is 21.9. The summed E-state index contributed by atoms with van der Waals surface area (Å²) in [6, 6.07) is 20.1. The number of aromatic nitrogens is 3. The van der Waals surface area contributed by atoms with Crippen molar-refractivity contribution in [3.63, 3.8) is 0 Å². The van der Waals surface area contributed by atoms with Crippen LogP contribution in [0.1, 0.15) is 5.56 Å². The summed E-state index contributed by atoms with van der Waals surface area (Å²) < 4.78 is 13.2. The van der Waals surface area contributed by atoms with Crippen LogP contribution in [0.25, 0.3) is 23.0 Å². The molecule has 0 unspecified atom stereocenters. The Labute approximate surface area is 186 Å². The third-order valence-corrected chi connectivity index (χ3v) is 5.12. The van der Waals surface area contributed by atoms with Gasteiger partial charge >= 0.3 is 0 Å². The van der Waals surface area contributed by atoms with Gasteiger partial charge in [-0.2, -0.15) is 4.98 Å². The Morgan fingerprint density at radius 1 is 1.00 bits per heavy atom. The highest BCUT2D eigenvalue weighted by Crippen LogP contribution is 2.34. The van der Waals surface area contributed by atoms with Crippen LogP contribution < -0.4 is 14.8 Å². The third-order valence-electron chi connectivity index (χ3n) is 5.12. The topological polar surface area (TPSA) is 63.9 Å². The maximum absolute atomic E-state index is 5.74. The molecule has 0 bridgehead atoms. The van der Waals surface area contributed by atoms with E-state index in [-0.39, 0.29) is 0 Å². The van der Waals surface area contributed by atoms with Gasteiger partial charge in [-0.3, -0.25) is 0 Å². The summed E-state index contributed by atoms with van der Waals surface area (Å²) in [5.41, 5.74) is 4.75. The molecule has 7 heteroatoms. The number of hydrogen-bond acceptors (Lipinski definition) is 6. The van der Waals surface area contributed by atoms with Crippen LogP contribution in [-0.2, 0) is 0 Å². The van der Waals surface area contributed by atoms with Crippen molar-refractivity contribution in [1.29, 1.82) is 0 Å². The lowest BCUT2D eigenvalue weighted by atomic mass is 10.1. The van der Waals surface area contributed by atoms with Crippen LogP contribution in [0.4, 0.5) is 11.6 Å². The molecule has 5 rings (SSSR count). The molecule has 7 nitrogen and oxygen atoms in total. The Bertz CT molecular complexity index is 1280. The van der Waals surface area contributed by atoms with Gasteiger partial charge in [0.2, 0.25) is 5.95 Å². The van der Waals surface area contributed by atoms with E-state index in [1.165, 1.54) is 0 Å². The standard InChI is InChI=1S/C25H25N5O2/c1-29(2)13-5-7-18-6-3-8-20(16-18)26-25-27-24-10-4-9-21(30(24)28-25)19-11-12-22-23(17-19)32-15-14-31-22/h3-12,16-17H,13-15H2,1-2H3,(H,26,28)/b7-5+. The molecule has 0 saturated carbocycles. The van der Waals surface area contributed by atoms with Gasteiger partial charge in [0.1, 0.15) is 13.2 Å². The first-order valence-electron chi connectivity index (χ1n) is 10.6. The average Bonchev–Trinajstić information content (AvgIpc) is 3.21. The van der Waals surface area contributed by atoms with Crippen LogP contribution in [0.15, 0.2) is 66.7 Å². The van der Waals surface area contributed by atoms with Gasteiger partial charge in [0.15, 0.2) is 17.1 Å². The molecule has 0 saturated heterocycles. The fourth-order valence-corrected chi connectivity index (χ4v) is 3.63. The molecule has 2 aromatic heterocycles. The maximum atomic E-state index is 5.74. The van der Waals surface area contributed by atoms with Gasteiger partial charge in [-0.05, 0) is 62.1 Å². The summed E-state index contributed by atoms with van der Waals surface area (Å²) in [7, 11) is 4.10. The predicted octanol–water partition coefficient (Wildman–Crippen LogP) is 4.49. The first-order chi connectivity index (χ1) is 15.7. The number of nitrogens with zero attached hydrogens (tertiary/aromatic N) is 4. The Hall–Kier alpha value is -3.84. The first kappa shape index (κ1) is 20.1. The van der Waals surface area contributed by atoms with E-state index in [2.05, 4.69) is 53.6 Å². The van der Waals surface area contributed by atoms with Crippen LogP contribution in [0, 0.1) is 0 Å². The lowest BCUT2D eigenvalue weighted by Crippen LogP contribution is -2.15. The van der Waals surface area contributed by atoms with Crippen LogP contribution >= 0.6 is 0 Å². The number of rotatable bonds is 6. The van der Waals surface area contributed by atoms with Crippen LogP contribution in [0.3, 0.4) is 0 Å². The molecule has 1 aliphatic rings. The zero-order valence-electron chi connectivity index (χ0n) is 18.2. The normalized spacial score (nSPS) is 13.2. The number of pyridine rings is 1. The van der Waals surface area contributed by atoms with Crippen molar-refractivity contribution in [2.24, 2.45) is 0 Å². The highest BCUT2D eigenvalue weighted by molar-refractivity contribution is 5.68. The molecule has 0 radical (unpaired) electrons. The molecule has 1 N–H and O–H groups in total. The van der Waals surface area contributed by atoms with Crippen molar-refractivity contribution in [3.8, 4) is 22.8 Å². The van der Waals surface area contributed by atoms with E-state index in [0.29, 0.717) is 19.2 Å². The van der Waals surface area contributed by atoms with E-state index in [1.54, 1.807) is 0 Å². The molecule has 2 aromatic carbocycles. The van der Waals surface area contributed by atoms with Gasteiger partial charge in [0.05, 0.1) is 5.69 Å². The van der Waals surface area contributed by atoms with E-state index in [1.807, 2.05) is 53.0 Å². The first-order valence-corrected chi connectivity index (χ1v) is 10.6. The average molecular weight is 428 g/mol. The van der Waals surface area contributed by atoms with Crippen molar-refractivity contribution in [2.45, 2.75) is 0 Å². The number of nitrogens with one attached hydrogen (secondary N) is 1. The summed E-state index contributed by atoms with van der Waals surface area (Å²) in [5.74, 6) is 2.07. The lowest BCUT2D eigenvalue weighted by Gasteiger charge is -2.19. The molecule has 162 valence electrons. The summed E-state index contributed by atoms with van der Waals surface area (Å²) in [4.78, 5) is 6.78. The molecule has 0 spiro atoms. The molecule has 3 heterocycles. The zero-order valence-corrected chi connectivity index (χ0v) is 18.2. The van der Waals surface area contributed by atoms with Gasteiger partial charge in [-0.25, -0.2) is 4.52 Å². The molecular formula is C25H25N5O2. The molecule has 1 aliphatic heterocycles. The molecule has 0 amide bonds. The number of anilines is 2. The smallest absolute Gasteiger partial charge is 0.247 e. The molecular weight excluding hydrogens is 402 g/mol. The van der Waals surface area contributed by atoms with E-state index in [9.17, 15) is 0 Å². The second-order valence-electron chi connectivity index (χ2n) is 7.89. The van der Waals surface area contributed by atoms with Crippen LogP contribution in [0.2, 0.25) is 0 Å². The summed E-state index contributed by atoms with van der Waals surface area (Å²) in [6.07, 6.45) is 4.25. The fourth-order valence-electron chi connectivity index (χ4n) is 3.63. The van der Waals surface area contributed by atoms with E-state index < -0.39 is 0 Å². The van der Waals surface area contributed by atoms with Crippen molar-refractivity contribution in [2.75, 3.05) is 39.2 Å². The Balaban J connectivity index is 1.42. The minimum Gasteiger partial charge on any atom is -0.486 e. The van der Waals surface area contributed by atoms with Gasteiger partial charge in [-0.15, -0.1) is 5.10 Å². The summed E-state index contributed by atoms with van der Waals surface area (Å²) in [5, 5.41) is 8.04. The number of hydrogen-bond donors (Lipinski definition) is 1. The number of ether oxygens (including phenoxy) is 2. The highest BCUT2D eigenvalue weighted by Gasteiger charge is 2.15. The van der Waals surface area contributed by atoms with Crippen LogP contribution in [0.5, 0.6) is 11.5 Å². The number of fused-ring (bicyclic) bond motifs is 2. The second kappa shape index (κ2) is 8.72. The predicted molar refractivity (Wildman–Crippen MR) is 127 cm³/mol. The van der Waals surface area contributed by atoms with Crippen LogP contribution in [-0.4, -0.2) is 53.4 Å². The van der Waals surface area contributed by atoms with Crippen molar-refractivity contribution < 1.29 is 9.47 Å².